The molecule has 0 unspecified atom stereocenters. The standard InChI is InChI=1S/C27H36N2O3/c1-18(2)19-6-9-23-20(14-19)7-11-25-26(3,12-5-13-27(23,25)4)17-28-16-21-15-22(29(31)32)8-10-24(21)30/h6,8-10,14-15,18,25,28H,5,7,11-13,16-17H2,1-4H3,(H-,30,31,32)/p+1/t25-,26-,27-/m1/s1. The van der Waals surface area contributed by atoms with Crippen LogP contribution in [0.2, 0.25) is 0 Å². The quantitative estimate of drug-likeness (QED) is 0.476. The molecule has 4 rings (SSSR count). The first-order valence-corrected chi connectivity index (χ1v) is 12.0. The molecule has 5 heteroatoms. The smallest absolute Gasteiger partial charge is 0.317 e. The number of aryl methyl sites for hydroxylation is 1. The van der Waals surface area contributed by atoms with Crippen molar-refractivity contribution in [1.82, 2.24) is 5.32 Å². The van der Waals surface area contributed by atoms with E-state index in [1.54, 1.807) is 11.1 Å². The zero-order valence-corrected chi connectivity index (χ0v) is 19.8. The molecule has 2 aromatic carbocycles. The molecule has 0 bridgehead atoms. The molecule has 1 fully saturated rings. The SMILES string of the molecule is CC(C)c1ccc2c(c1)CC[C@@H]1[C@@](C)(CNCc3cc([N+](=O)O)ccc3O)CCC[C@]21C. The molecule has 3 N–H and O–H groups in total. The second-order valence-electron chi connectivity index (χ2n) is 10.8. The van der Waals surface area contributed by atoms with E-state index < -0.39 is 0 Å². The van der Waals surface area contributed by atoms with Gasteiger partial charge in [0, 0.05) is 30.8 Å². The minimum atomic E-state index is -0.166. The number of hydrogen-bond acceptors (Lipinski definition) is 3. The van der Waals surface area contributed by atoms with E-state index in [4.69, 9.17) is 0 Å². The van der Waals surface area contributed by atoms with Crippen LogP contribution in [0.3, 0.4) is 0 Å². The van der Waals surface area contributed by atoms with Gasteiger partial charge in [-0.25, -0.2) is 5.21 Å². The molecule has 5 nitrogen and oxygen atoms in total. The summed E-state index contributed by atoms with van der Waals surface area (Å²) in [5, 5.41) is 22.9. The van der Waals surface area contributed by atoms with Crippen molar-refractivity contribution in [3.8, 4) is 5.75 Å². The molecule has 0 amide bonds. The number of phenols is 1. The molecule has 2 aliphatic rings. The summed E-state index contributed by atoms with van der Waals surface area (Å²) in [6, 6.07) is 11.6. The Kier molecular flexibility index (Phi) is 6.06. The maximum Gasteiger partial charge on any atom is 0.317 e. The van der Waals surface area contributed by atoms with Crippen LogP contribution in [0.25, 0.3) is 0 Å². The van der Waals surface area contributed by atoms with Crippen LogP contribution in [0.1, 0.15) is 81.5 Å². The molecular weight excluding hydrogens is 400 g/mol. The third-order valence-corrected chi connectivity index (χ3v) is 8.30. The third kappa shape index (κ3) is 4.03. The molecule has 0 heterocycles. The van der Waals surface area contributed by atoms with Crippen LogP contribution in [0, 0.1) is 16.2 Å². The molecule has 32 heavy (non-hydrogen) atoms. The summed E-state index contributed by atoms with van der Waals surface area (Å²) in [4.78, 5) is 11.0. The molecule has 2 aliphatic carbocycles. The van der Waals surface area contributed by atoms with E-state index in [1.165, 1.54) is 49.4 Å². The van der Waals surface area contributed by atoms with E-state index in [2.05, 4.69) is 51.2 Å². The van der Waals surface area contributed by atoms with Crippen molar-refractivity contribution < 1.29 is 15.2 Å². The van der Waals surface area contributed by atoms with E-state index in [-0.39, 0.29) is 27.2 Å². The number of fused-ring (bicyclic) bond motifs is 3. The van der Waals surface area contributed by atoms with E-state index >= 15 is 0 Å². The monoisotopic (exact) mass is 437 g/mol. The molecule has 3 atom stereocenters. The van der Waals surface area contributed by atoms with Crippen LogP contribution in [0.4, 0.5) is 5.69 Å². The number of hydrogen-bond donors (Lipinski definition) is 3. The van der Waals surface area contributed by atoms with Gasteiger partial charge < -0.3 is 10.4 Å². The Morgan fingerprint density at radius 1 is 1.16 bits per heavy atom. The minimum Gasteiger partial charge on any atom is -0.508 e. The molecule has 0 aromatic heterocycles. The Morgan fingerprint density at radius 3 is 2.66 bits per heavy atom. The fourth-order valence-corrected chi connectivity index (χ4v) is 6.53. The molecule has 0 spiro atoms. The lowest BCUT2D eigenvalue weighted by Gasteiger charge is -2.55. The summed E-state index contributed by atoms with van der Waals surface area (Å²) in [7, 11) is 0. The highest BCUT2D eigenvalue weighted by molar-refractivity contribution is 5.43. The molecule has 0 aliphatic heterocycles. The predicted octanol–water partition coefficient (Wildman–Crippen LogP) is 6.12. The van der Waals surface area contributed by atoms with Gasteiger partial charge >= 0.3 is 5.69 Å². The first-order valence-electron chi connectivity index (χ1n) is 12.0. The zero-order chi connectivity index (χ0) is 23.1. The van der Waals surface area contributed by atoms with Crippen molar-refractivity contribution in [2.45, 2.75) is 77.7 Å². The fraction of sp³-hybridized carbons (Fsp3) is 0.556. The largest absolute Gasteiger partial charge is 0.508 e. The summed E-state index contributed by atoms with van der Waals surface area (Å²) < 4.78 is 0. The van der Waals surface area contributed by atoms with Crippen LogP contribution in [-0.4, -0.2) is 21.8 Å². The van der Waals surface area contributed by atoms with Gasteiger partial charge in [0.1, 0.15) is 5.75 Å². The highest BCUT2D eigenvalue weighted by atomic mass is 16.6. The van der Waals surface area contributed by atoms with Crippen molar-refractivity contribution in [2.75, 3.05) is 6.54 Å². The molecule has 172 valence electrons. The second-order valence-corrected chi connectivity index (χ2v) is 10.8. The zero-order valence-electron chi connectivity index (χ0n) is 19.8. The average Bonchev–Trinajstić information content (AvgIpc) is 2.74. The number of benzene rings is 2. The summed E-state index contributed by atoms with van der Waals surface area (Å²) >= 11 is 0. The van der Waals surface area contributed by atoms with Crippen molar-refractivity contribution >= 4 is 5.69 Å². The van der Waals surface area contributed by atoms with Crippen LogP contribution >= 0.6 is 0 Å². The molecule has 2 aromatic rings. The Balaban J connectivity index is 1.52. The average molecular weight is 438 g/mol. The first kappa shape index (κ1) is 22.8. The Hall–Kier alpha value is -2.40. The van der Waals surface area contributed by atoms with Gasteiger partial charge in [-0.2, -0.15) is 0 Å². The van der Waals surface area contributed by atoms with Crippen molar-refractivity contribution in [3.05, 3.63) is 63.6 Å². The molecule has 1 saturated carbocycles. The molecule has 0 saturated heterocycles. The van der Waals surface area contributed by atoms with Gasteiger partial charge in [0.2, 0.25) is 0 Å². The van der Waals surface area contributed by atoms with E-state index in [0.717, 1.165) is 13.0 Å². The number of nitrogens with one attached hydrogen (secondary N) is 1. The lowest BCUT2D eigenvalue weighted by molar-refractivity contribution is -0.729. The summed E-state index contributed by atoms with van der Waals surface area (Å²) in [5.41, 5.74) is 5.63. The van der Waals surface area contributed by atoms with Gasteiger partial charge in [0.15, 0.2) is 0 Å². The van der Waals surface area contributed by atoms with E-state index in [0.29, 0.717) is 23.9 Å². The second kappa shape index (κ2) is 8.51. The van der Waals surface area contributed by atoms with Crippen LogP contribution < -0.4 is 5.32 Å². The molecular formula is C27H37N2O3+. The van der Waals surface area contributed by atoms with Crippen LogP contribution in [0.5, 0.6) is 5.75 Å². The van der Waals surface area contributed by atoms with Gasteiger partial charge in [-0.3, -0.25) is 0 Å². The van der Waals surface area contributed by atoms with E-state index in [9.17, 15) is 15.2 Å². The van der Waals surface area contributed by atoms with Gasteiger partial charge in [-0.15, -0.1) is 0 Å². The fourth-order valence-electron chi connectivity index (χ4n) is 6.53. The lowest BCUT2D eigenvalue weighted by Crippen LogP contribution is -2.52. The number of phenolic OH excluding ortho intramolecular Hbond substituents is 1. The summed E-state index contributed by atoms with van der Waals surface area (Å²) in [6.45, 7) is 10.7. The maximum atomic E-state index is 11.2. The Bertz CT molecular complexity index is 1020. The topological polar surface area (TPSA) is 72.6 Å². The van der Waals surface area contributed by atoms with Crippen LogP contribution in [0.15, 0.2) is 36.4 Å². The van der Waals surface area contributed by atoms with Gasteiger partial charge in [0.25, 0.3) is 4.92 Å². The normalized spacial score (nSPS) is 27.1. The summed E-state index contributed by atoms with van der Waals surface area (Å²) in [6.07, 6.45) is 5.99. The number of nitrogens with zero attached hydrogens (tertiary/aromatic N) is 1. The summed E-state index contributed by atoms with van der Waals surface area (Å²) in [5.74, 6) is 1.29. The highest BCUT2D eigenvalue weighted by Crippen LogP contribution is 2.57. The van der Waals surface area contributed by atoms with Crippen molar-refractivity contribution in [2.24, 2.45) is 11.3 Å². The number of aromatic hydroxyl groups is 1. The van der Waals surface area contributed by atoms with Crippen LogP contribution in [-0.2, 0) is 18.4 Å². The van der Waals surface area contributed by atoms with Crippen molar-refractivity contribution in [1.29, 1.82) is 0 Å². The lowest BCUT2D eigenvalue weighted by atomic mass is 9.49. The number of rotatable bonds is 6. The Labute approximate surface area is 191 Å². The minimum absolute atomic E-state index is 0.126. The maximum absolute atomic E-state index is 11.2. The highest BCUT2D eigenvalue weighted by Gasteiger charge is 2.51. The van der Waals surface area contributed by atoms with E-state index in [1.807, 2.05) is 0 Å². The van der Waals surface area contributed by atoms with Gasteiger partial charge in [0.05, 0.1) is 4.91 Å². The van der Waals surface area contributed by atoms with Gasteiger partial charge in [-0.05, 0) is 71.1 Å². The van der Waals surface area contributed by atoms with Gasteiger partial charge in [-0.1, -0.05) is 52.3 Å². The first-order chi connectivity index (χ1) is 15.1. The molecule has 0 radical (unpaired) electrons. The third-order valence-electron chi connectivity index (χ3n) is 8.30. The van der Waals surface area contributed by atoms with Crippen molar-refractivity contribution in [3.63, 3.8) is 0 Å². The Morgan fingerprint density at radius 2 is 1.94 bits per heavy atom. The predicted molar refractivity (Wildman–Crippen MR) is 127 cm³/mol.